The number of rotatable bonds is 3. The van der Waals surface area contributed by atoms with Gasteiger partial charge in [-0.15, -0.1) is 0 Å². The number of aliphatic hydroxyl groups excluding tert-OH is 1. The standard InChI is InChI=1S/C15H19NO/c1-10(2)11(3)15(17)13-6-7-14-12(9-13)5-4-8-16-14/h4-11,15,17H,1-3H3. The van der Waals surface area contributed by atoms with E-state index in [9.17, 15) is 5.11 Å². The molecule has 0 saturated heterocycles. The smallest absolute Gasteiger partial charge is 0.0818 e. The van der Waals surface area contributed by atoms with E-state index in [0.29, 0.717) is 5.92 Å². The van der Waals surface area contributed by atoms with Crippen molar-refractivity contribution in [1.82, 2.24) is 4.98 Å². The first-order valence-electron chi connectivity index (χ1n) is 6.12. The van der Waals surface area contributed by atoms with Gasteiger partial charge in [-0.05, 0) is 35.6 Å². The van der Waals surface area contributed by atoms with Crippen molar-refractivity contribution in [3.63, 3.8) is 0 Å². The quantitative estimate of drug-likeness (QED) is 0.873. The van der Waals surface area contributed by atoms with Gasteiger partial charge in [0, 0.05) is 11.6 Å². The van der Waals surface area contributed by atoms with Gasteiger partial charge in [0.1, 0.15) is 0 Å². The molecule has 0 aliphatic heterocycles. The molecule has 1 N–H and O–H groups in total. The fourth-order valence-corrected chi connectivity index (χ4v) is 1.95. The van der Waals surface area contributed by atoms with Gasteiger partial charge in [0.2, 0.25) is 0 Å². The molecule has 90 valence electrons. The third-order valence-electron chi connectivity index (χ3n) is 3.52. The van der Waals surface area contributed by atoms with Crippen LogP contribution in [-0.2, 0) is 0 Å². The molecular weight excluding hydrogens is 210 g/mol. The van der Waals surface area contributed by atoms with Gasteiger partial charge in [0.15, 0.2) is 0 Å². The maximum atomic E-state index is 10.3. The van der Waals surface area contributed by atoms with Gasteiger partial charge in [-0.1, -0.05) is 32.9 Å². The Bertz CT molecular complexity index is 507. The van der Waals surface area contributed by atoms with Crippen molar-refractivity contribution in [1.29, 1.82) is 0 Å². The van der Waals surface area contributed by atoms with Crippen LogP contribution in [0.4, 0.5) is 0 Å². The number of hydrogen-bond donors (Lipinski definition) is 1. The third kappa shape index (κ3) is 2.47. The highest BCUT2D eigenvalue weighted by atomic mass is 16.3. The van der Waals surface area contributed by atoms with Gasteiger partial charge in [-0.25, -0.2) is 0 Å². The summed E-state index contributed by atoms with van der Waals surface area (Å²) in [6, 6.07) is 9.93. The van der Waals surface area contributed by atoms with Gasteiger partial charge >= 0.3 is 0 Å². The molecule has 1 aromatic carbocycles. The van der Waals surface area contributed by atoms with Crippen molar-refractivity contribution in [2.24, 2.45) is 11.8 Å². The molecule has 0 amide bonds. The highest BCUT2D eigenvalue weighted by molar-refractivity contribution is 5.79. The van der Waals surface area contributed by atoms with Gasteiger partial charge < -0.3 is 5.11 Å². The molecule has 17 heavy (non-hydrogen) atoms. The molecule has 0 saturated carbocycles. The molecular formula is C15H19NO. The molecule has 2 heteroatoms. The zero-order chi connectivity index (χ0) is 12.4. The lowest BCUT2D eigenvalue weighted by molar-refractivity contribution is 0.0922. The lowest BCUT2D eigenvalue weighted by atomic mass is 9.88. The van der Waals surface area contributed by atoms with Crippen LogP contribution in [0.25, 0.3) is 10.9 Å². The van der Waals surface area contributed by atoms with Crippen LogP contribution in [-0.4, -0.2) is 10.1 Å². The predicted molar refractivity (Wildman–Crippen MR) is 70.7 cm³/mol. The van der Waals surface area contributed by atoms with Gasteiger partial charge in [0.05, 0.1) is 11.6 Å². The molecule has 0 spiro atoms. The minimum absolute atomic E-state index is 0.254. The first-order chi connectivity index (χ1) is 8.09. The van der Waals surface area contributed by atoms with E-state index in [4.69, 9.17) is 0 Å². The Hall–Kier alpha value is -1.41. The van der Waals surface area contributed by atoms with Crippen molar-refractivity contribution in [3.8, 4) is 0 Å². The van der Waals surface area contributed by atoms with Crippen molar-refractivity contribution in [3.05, 3.63) is 42.1 Å². The average molecular weight is 229 g/mol. The maximum Gasteiger partial charge on any atom is 0.0818 e. The van der Waals surface area contributed by atoms with Crippen LogP contribution in [0.1, 0.15) is 32.4 Å². The average Bonchev–Trinajstić information content (AvgIpc) is 2.36. The van der Waals surface area contributed by atoms with Crippen LogP contribution in [0, 0.1) is 11.8 Å². The molecule has 0 bridgehead atoms. The summed E-state index contributed by atoms with van der Waals surface area (Å²) >= 11 is 0. The van der Waals surface area contributed by atoms with Gasteiger partial charge in [-0.2, -0.15) is 0 Å². The predicted octanol–water partition coefficient (Wildman–Crippen LogP) is 3.56. The SMILES string of the molecule is CC(C)C(C)C(O)c1ccc2ncccc2c1. The largest absolute Gasteiger partial charge is 0.388 e. The zero-order valence-electron chi connectivity index (χ0n) is 10.6. The van der Waals surface area contributed by atoms with Crippen molar-refractivity contribution in [2.75, 3.05) is 0 Å². The molecule has 0 aliphatic rings. The molecule has 1 aromatic heterocycles. The van der Waals surface area contributed by atoms with E-state index in [2.05, 4.69) is 25.8 Å². The first kappa shape index (κ1) is 12.1. The van der Waals surface area contributed by atoms with Crippen LogP contribution < -0.4 is 0 Å². The number of fused-ring (bicyclic) bond motifs is 1. The molecule has 0 aliphatic carbocycles. The Morgan fingerprint density at radius 1 is 1.12 bits per heavy atom. The molecule has 0 fully saturated rings. The second-order valence-electron chi connectivity index (χ2n) is 5.00. The molecule has 2 aromatic rings. The Kier molecular flexibility index (Phi) is 3.43. The maximum absolute atomic E-state index is 10.3. The van der Waals surface area contributed by atoms with Crippen molar-refractivity contribution in [2.45, 2.75) is 26.9 Å². The lowest BCUT2D eigenvalue weighted by Crippen LogP contribution is -2.14. The van der Waals surface area contributed by atoms with Crippen molar-refractivity contribution >= 4 is 10.9 Å². The first-order valence-corrected chi connectivity index (χ1v) is 6.12. The second-order valence-corrected chi connectivity index (χ2v) is 5.00. The molecule has 2 nitrogen and oxygen atoms in total. The molecule has 2 atom stereocenters. The lowest BCUT2D eigenvalue weighted by Gasteiger charge is -2.22. The minimum Gasteiger partial charge on any atom is -0.388 e. The number of aromatic nitrogens is 1. The van der Waals surface area contributed by atoms with Gasteiger partial charge in [-0.3, -0.25) is 4.98 Å². The fourth-order valence-electron chi connectivity index (χ4n) is 1.95. The summed E-state index contributed by atoms with van der Waals surface area (Å²) in [6.45, 7) is 6.36. The monoisotopic (exact) mass is 229 g/mol. The summed E-state index contributed by atoms with van der Waals surface area (Å²) in [5.74, 6) is 0.721. The van der Waals surface area contributed by atoms with Crippen LogP contribution in [0.15, 0.2) is 36.5 Å². The summed E-state index contributed by atoms with van der Waals surface area (Å²) in [5, 5.41) is 11.4. The normalized spacial score (nSPS) is 15.1. The van der Waals surface area contributed by atoms with E-state index < -0.39 is 6.10 Å². The molecule has 2 rings (SSSR count). The van der Waals surface area contributed by atoms with E-state index in [1.54, 1.807) is 6.20 Å². The summed E-state index contributed by atoms with van der Waals surface area (Å²) in [5.41, 5.74) is 1.95. The van der Waals surface area contributed by atoms with E-state index >= 15 is 0 Å². The van der Waals surface area contributed by atoms with E-state index in [1.165, 1.54) is 0 Å². The fraction of sp³-hybridized carbons (Fsp3) is 0.400. The number of aliphatic hydroxyl groups is 1. The second kappa shape index (κ2) is 4.84. The summed E-state index contributed by atoms with van der Waals surface area (Å²) in [4.78, 5) is 4.28. The summed E-state index contributed by atoms with van der Waals surface area (Å²) in [7, 11) is 0. The number of nitrogens with zero attached hydrogens (tertiary/aromatic N) is 1. The Morgan fingerprint density at radius 3 is 2.59 bits per heavy atom. The molecule has 2 unspecified atom stereocenters. The van der Waals surface area contributed by atoms with E-state index in [1.807, 2.05) is 30.3 Å². The van der Waals surface area contributed by atoms with Crippen LogP contribution in [0.5, 0.6) is 0 Å². The molecule has 0 radical (unpaired) electrons. The third-order valence-corrected chi connectivity index (χ3v) is 3.52. The van der Waals surface area contributed by atoms with Crippen LogP contribution in [0.2, 0.25) is 0 Å². The van der Waals surface area contributed by atoms with Crippen LogP contribution in [0.3, 0.4) is 0 Å². The van der Waals surface area contributed by atoms with E-state index in [0.717, 1.165) is 16.5 Å². The number of pyridine rings is 1. The van der Waals surface area contributed by atoms with Crippen LogP contribution >= 0.6 is 0 Å². The number of benzene rings is 1. The molecule has 1 heterocycles. The summed E-state index contributed by atoms with van der Waals surface area (Å²) in [6.07, 6.45) is 1.38. The Morgan fingerprint density at radius 2 is 1.88 bits per heavy atom. The minimum atomic E-state index is -0.403. The highest BCUT2D eigenvalue weighted by Gasteiger charge is 2.19. The number of hydrogen-bond acceptors (Lipinski definition) is 2. The zero-order valence-corrected chi connectivity index (χ0v) is 10.6. The topological polar surface area (TPSA) is 33.1 Å². The highest BCUT2D eigenvalue weighted by Crippen LogP contribution is 2.29. The van der Waals surface area contributed by atoms with Gasteiger partial charge in [0.25, 0.3) is 0 Å². The van der Waals surface area contributed by atoms with Crippen molar-refractivity contribution < 1.29 is 5.11 Å². The van der Waals surface area contributed by atoms with E-state index in [-0.39, 0.29) is 5.92 Å². The summed E-state index contributed by atoms with van der Waals surface area (Å²) < 4.78 is 0. The Balaban J connectivity index is 2.36. The Labute approximate surface area is 102 Å².